The first-order valence-electron chi connectivity index (χ1n) is 6.63. The van der Waals surface area contributed by atoms with Gasteiger partial charge in [0.1, 0.15) is 0 Å². The summed E-state index contributed by atoms with van der Waals surface area (Å²) < 4.78 is 0. The maximum absolute atomic E-state index is 6.26. The molecule has 0 amide bonds. The summed E-state index contributed by atoms with van der Waals surface area (Å²) in [4.78, 5) is 0. The Morgan fingerprint density at radius 2 is 1.84 bits per heavy atom. The van der Waals surface area contributed by atoms with Gasteiger partial charge in [-0.1, -0.05) is 61.3 Å². The molecule has 2 aromatic rings. The molecule has 1 atom stereocenters. The predicted octanol–water partition coefficient (Wildman–Crippen LogP) is 5.90. The van der Waals surface area contributed by atoms with Gasteiger partial charge in [0.05, 0.1) is 0 Å². The molecule has 0 saturated carbocycles. The first-order chi connectivity index (χ1) is 9.10. The van der Waals surface area contributed by atoms with E-state index in [-0.39, 0.29) is 0 Å². The van der Waals surface area contributed by atoms with Gasteiger partial charge in [-0.05, 0) is 53.6 Å². The van der Waals surface area contributed by atoms with Crippen LogP contribution in [0.3, 0.4) is 0 Å². The van der Waals surface area contributed by atoms with Crippen molar-refractivity contribution < 1.29 is 0 Å². The molecule has 0 bridgehead atoms. The molecule has 0 N–H and O–H groups in total. The van der Waals surface area contributed by atoms with Crippen LogP contribution in [0.15, 0.2) is 42.5 Å². The van der Waals surface area contributed by atoms with Crippen molar-refractivity contribution in [1.82, 2.24) is 0 Å². The molecule has 0 saturated heterocycles. The third kappa shape index (κ3) is 3.75. The highest BCUT2D eigenvalue weighted by Crippen LogP contribution is 2.25. The fraction of sp³-hybridized carbons (Fsp3) is 0.294. The van der Waals surface area contributed by atoms with Crippen LogP contribution in [0.25, 0.3) is 0 Å². The minimum absolute atomic E-state index is 0.433. The zero-order chi connectivity index (χ0) is 13.8. The van der Waals surface area contributed by atoms with E-state index in [1.165, 1.54) is 16.7 Å². The second kappa shape index (κ2) is 6.45. The Kier molecular flexibility index (Phi) is 4.90. The molecule has 0 fully saturated rings. The van der Waals surface area contributed by atoms with Crippen molar-refractivity contribution in [3.63, 3.8) is 0 Å². The van der Waals surface area contributed by atoms with Crippen LogP contribution in [-0.2, 0) is 12.8 Å². The van der Waals surface area contributed by atoms with Crippen molar-refractivity contribution >= 4 is 23.2 Å². The highest BCUT2D eigenvalue weighted by atomic mass is 35.5. The molecule has 19 heavy (non-hydrogen) atoms. The van der Waals surface area contributed by atoms with Crippen LogP contribution in [0.2, 0.25) is 10.0 Å². The summed E-state index contributed by atoms with van der Waals surface area (Å²) in [6.07, 6.45) is 1.95. The van der Waals surface area contributed by atoms with E-state index in [1.807, 2.05) is 18.2 Å². The zero-order valence-electron chi connectivity index (χ0n) is 11.3. The van der Waals surface area contributed by atoms with E-state index in [2.05, 4.69) is 38.1 Å². The van der Waals surface area contributed by atoms with Crippen molar-refractivity contribution in [2.24, 2.45) is 0 Å². The lowest BCUT2D eigenvalue weighted by Crippen LogP contribution is -1.99. The van der Waals surface area contributed by atoms with Gasteiger partial charge >= 0.3 is 0 Å². The summed E-state index contributed by atoms with van der Waals surface area (Å²) in [5.41, 5.74) is 3.75. The number of hydrogen-bond donors (Lipinski definition) is 0. The first kappa shape index (κ1) is 14.4. The summed E-state index contributed by atoms with van der Waals surface area (Å²) in [6, 6.07) is 14.5. The van der Waals surface area contributed by atoms with E-state index < -0.39 is 0 Å². The Bertz CT molecular complexity index is 561. The number of rotatable bonds is 4. The van der Waals surface area contributed by atoms with E-state index in [0.717, 1.165) is 22.9 Å². The molecule has 1 unspecified atom stereocenters. The summed E-state index contributed by atoms with van der Waals surface area (Å²) in [5.74, 6) is 0.433. The Labute approximate surface area is 125 Å². The molecule has 2 rings (SSSR count). The van der Waals surface area contributed by atoms with Crippen molar-refractivity contribution in [3.05, 3.63) is 69.2 Å². The van der Waals surface area contributed by atoms with Gasteiger partial charge in [0.15, 0.2) is 0 Å². The van der Waals surface area contributed by atoms with Gasteiger partial charge in [-0.25, -0.2) is 0 Å². The Hall–Kier alpha value is -0.980. The summed E-state index contributed by atoms with van der Waals surface area (Å²) in [6.45, 7) is 4.34. The van der Waals surface area contributed by atoms with Crippen LogP contribution in [-0.4, -0.2) is 0 Å². The minimum Gasteiger partial charge on any atom is -0.0843 e. The van der Waals surface area contributed by atoms with Gasteiger partial charge in [0, 0.05) is 10.0 Å². The van der Waals surface area contributed by atoms with Crippen molar-refractivity contribution in [1.29, 1.82) is 0 Å². The number of halogens is 2. The summed E-state index contributed by atoms with van der Waals surface area (Å²) in [7, 11) is 0. The normalized spacial score (nSPS) is 12.4. The highest BCUT2D eigenvalue weighted by Gasteiger charge is 2.08. The average Bonchev–Trinajstić information content (AvgIpc) is 2.39. The molecule has 0 radical (unpaired) electrons. The molecule has 0 nitrogen and oxygen atoms in total. The molecular formula is C17H18Cl2. The van der Waals surface area contributed by atoms with E-state index in [9.17, 15) is 0 Å². The van der Waals surface area contributed by atoms with Crippen LogP contribution >= 0.6 is 23.2 Å². The number of hydrogen-bond acceptors (Lipinski definition) is 0. The lowest BCUT2D eigenvalue weighted by atomic mass is 9.93. The second-order valence-electron chi connectivity index (χ2n) is 4.94. The second-order valence-corrected chi connectivity index (χ2v) is 5.78. The van der Waals surface area contributed by atoms with E-state index in [4.69, 9.17) is 23.2 Å². The topological polar surface area (TPSA) is 0 Å². The van der Waals surface area contributed by atoms with Gasteiger partial charge in [-0.15, -0.1) is 0 Å². The smallest absolute Gasteiger partial charge is 0.0440 e. The van der Waals surface area contributed by atoms with Crippen LogP contribution in [0.1, 0.15) is 36.5 Å². The molecule has 2 aromatic carbocycles. The van der Waals surface area contributed by atoms with Crippen molar-refractivity contribution in [2.45, 2.75) is 32.6 Å². The average molecular weight is 293 g/mol. The molecule has 0 aliphatic rings. The summed E-state index contributed by atoms with van der Waals surface area (Å²) >= 11 is 12.3. The van der Waals surface area contributed by atoms with Crippen LogP contribution in [0.4, 0.5) is 0 Å². The summed E-state index contributed by atoms with van der Waals surface area (Å²) in [5, 5.41) is 1.67. The number of aryl methyl sites for hydroxylation is 1. The van der Waals surface area contributed by atoms with Crippen LogP contribution in [0.5, 0.6) is 0 Å². The van der Waals surface area contributed by atoms with E-state index >= 15 is 0 Å². The van der Waals surface area contributed by atoms with Gasteiger partial charge < -0.3 is 0 Å². The monoisotopic (exact) mass is 292 g/mol. The van der Waals surface area contributed by atoms with Gasteiger partial charge in [0.2, 0.25) is 0 Å². The Morgan fingerprint density at radius 1 is 1.05 bits per heavy atom. The highest BCUT2D eigenvalue weighted by molar-refractivity contribution is 6.31. The van der Waals surface area contributed by atoms with Gasteiger partial charge in [-0.2, -0.15) is 0 Å². The fourth-order valence-electron chi connectivity index (χ4n) is 2.29. The van der Waals surface area contributed by atoms with Gasteiger partial charge in [0.25, 0.3) is 0 Å². The van der Waals surface area contributed by atoms with Crippen LogP contribution in [0, 0.1) is 0 Å². The molecule has 0 aliphatic heterocycles. The predicted molar refractivity (Wildman–Crippen MR) is 84.4 cm³/mol. The minimum atomic E-state index is 0.433. The van der Waals surface area contributed by atoms with E-state index in [1.54, 1.807) is 0 Å². The number of benzene rings is 2. The lowest BCUT2D eigenvalue weighted by molar-refractivity contribution is 0.759. The van der Waals surface area contributed by atoms with Gasteiger partial charge in [-0.3, -0.25) is 0 Å². The quantitative estimate of drug-likeness (QED) is 0.658. The van der Waals surface area contributed by atoms with Crippen molar-refractivity contribution in [3.8, 4) is 0 Å². The molecule has 0 aromatic heterocycles. The third-order valence-corrected chi connectivity index (χ3v) is 4.04. The van der Waals surface area contributed by atoms with Crippen molar-refractivity contribution in [2.75, 3.05) is 0 Å². The molecule has 0 heterocycles. The van der Waals surface area contributed by atoms with E-state index in [0.29, 0.717) is 5.92 Å². The first-order valence-corrected chi connectivity index (χ1v) is 7.38. The zero-order valence-corrected chi connectivity index (χ0v) is 12.8. The largest absolute Gasteiger partial charge is 0.0843 e. The third-order valence-electron chi connectivity index (χ3n) is 3.46. The molecule has 0 spiro atoms. The van der Waals surface area contributed by atoms with Crippen LogP contribution < -0.4 is 0 Å². The SMILES string of the molecule is CCc1ccc(CC(C)c2cccc(Cl)c2)cc1Cl. The molecular weight excluding hydrogens is 275 g/mol. The molecule has 2 heteroatoms. The maximum Gasteiger partial charge on any atom is 0.0440 e. The standard InChI is InChI=1S/C17H18Cl2/c1-3-14-8-7-13(10-17(14)19)9-12(2)15-5-4-6-16(18)11-15/h4-8,10-12H,3,9H2,1-2H3. The molecule has 100 valence electrons. The lowest BCUT2D eigenvalue weighted by Gasteiger charge is -2.13. The maximum atomic E-state index is 6.26. The molecule has 0 aliphatic carbocycles. The fourth-order valence-corrected chi connectivity index (χ4v) is 2.82. The Morgan fingerprint density at radius 3 is 2.47 bits per heavy atom. The Balaban J connectivity index is 2.14.